The molecule has 0 aromatic rings. The van der Waals surface area contributed by atoms with Gasteiger partial charge in [-0.15, -0.1) is 0 Å². The number of piperidine rings is 2. The molecule has 0 saturated carbocycles. The number of nitrogens with zero attached hydrogens (tertiary/aromatic N) is 1. The largest absolute Gasteiger partial charge is 0.342 e. The van der Waals surface area contributed by atoms with Gasteiger partial charge in [-0.05, 0) is 56.5 Å². The van der Waals surface area contributed by atoms with E-state index in [-0.39, 0.29) is 0 Å². The molecule has 0 aromatic carbocycles. The highest BCUT2D eigenvalue weighted by atomic mass is 16.2. The van der Waals surface area contributed by atoms with E-state index in [1.807, 2.05) is 0 Å². The molecule has 2 rings (SSSR count). The van der Waals surface area contributed by atoms with Crippen LogP contribution in [0.4, 0.5) is 0 Å². The fourth-order valence-electron chi connectivity index (χ4n) is 3.40. The number of carbonyl (C=O) groups excluding carboxylic acids is 1. The molecule has 2 saturated heterocycles. The average molecular weight is 252 g/mol. The van der Waals surface area contributed by atoms with Crippen LogP contribution < -0.4 is 5.32 Å². The van der Waals surface area contributed by atoms with Crippen molar-refractivity contribution in [2.75, 3.05) is 26.2 Å². The zero-order valence-electron chi connectivity index (χ0n) is 12.0. The first-order valence-electron chi connectivity index (χ1n) is 7.65. The topological polar surface area (TPSA) is 32.3 Å². The van der Waals surface area contributed by atoms with E-state index >= 15 is 0 Å². The Morgan fingerprint density at radius 2 is 2.06 bits per heavy atom. The van der Waals surface area contributed by atoms with Crippen LogP contribution in [0.3, 0.4) is 0 Å². The molecule has 1 N–H and O–H groups in total. The molecular formula is C15H28N2O. The third kappa shape index (κ3) is 3.71. The van der Waals surface area contributed by atoms with Gasteiger partial charge in [-0.2, -0.15) is 0 Å². The van der Waals surface area contributed by atoms with Gasteiger partial charge in [-0.3, -0.25) is 4.79 Å². The Bertz CT molecular complexity index is 274. The van der Waals surface area contributed by atoms with Crippen LogP contribution in [0.25, 0.3) is 0 Å². The van der Waals surface area contributed by atoms with Gasteiger partial charge in [0, 0.05) is 19.5 Å². The summed E-state index contributed by atoms with van der Waals surface area (Å²) in [6, 6.07) is 0. The standard InChI is InChI=1S/C15H28N2O/c1-12-4-3-9-17(11-12)15(18)10-13(2)14-5-7-16-8-6-14/h12-14,16H,3-11H2,1-2H3. The normalized spacial score (nSPS) is 28.1. The smallest absolute Gasteiger partial charge is 0.222 e. The van der Waals surface area contributed by atoms with E-state index < -0.39 is 0 Å². The Balaban J connectivity index is 1.78. The van der Waals surface area contributed by atoms with Crippen molar-refractivity contribution < 1.29 is 4.79 Å². The summed E-state index contributed by atoms with van der Waals surface area (Å²) in [4.78, 5) is 14.4. The molecule has 2 heterocycles. The lowest BCUT2D eigenvalue weighted by Gasteiger charge is -2.33. The van der Waals surface area contributed by atoms with Gasteiger partial charge in [0.15, 0.2) is 0 Å². The summed E-state index contributed by atoms with van der Waals surface area (Å²) in [6.07, 6.45) is 5.72. The molecule has 1 amide bonds. The predicted molar refractivity (Wildman–Crippen MR) is 74.4 cm³/mol. The van der Waals surface area contributed by atoms with Gasteiger partial charge in [0.2, 0.25) is 5.91 Å². The molecule has 2 atom stereocenters. The van der Waals surface area contributed by atoms with E-state index in [1.54, 1.807) is 0 Å². The van der Waals surface area contributed by atoms with Crippen molar-refractivity contribution >= 4 is 5.91 Å². The molecule has 18 heavy (non-hydrogen) atoms. The van der Waals surface area contributed by atoms with Crippen molar-refractivity contribution in [1.82, 2.24) is 10.2 Å². The van der Waals surface area contributed by atoms with Gasteiger partial charge >= 0.3 is 0 Å². The Labute approximate surface area is 111 Å². The fourth-order valence-corrected chi connectivity index (χ4v) is 3.40. The van der Waals surface area contributed by atoms with Gasteiger partial charge in [-0.25, -0.2) is 0 Å². The number of hydrogen-bond acceptors (Lipinski definition) is 2. The highest BCUT2D eigenvalue weighted by molar-refractivity contribution is 5.76. The van der Waals surface area contributed by atoms with Crippen LogP contribution in [0, 0.1) is 17.8 Å². The number of carbonyl (C=O) groups is 1. The second kappa shape index (κ2) is 6.55. The van der Waals surface area contributed by atoms with Crippen LogP contribution in [0.2, 0.25) is 0 Å². The van der Waals surface area contributed by atoms with E-state index in [0.29, 0.717) is 17.7 Å². The second-order valence-electron chi connectivity index (χ2n) is 6.36. The summed E-state index contributed by atoms with van der Waals surface area (Å²) < 4.78 is 0. The van der Waals surface area contributed by atoms with E-state index in [1.165, 1.54) is 25.7 Å². The Kier molecular flexibility index (Phi) is 5.04. The van der Waals surface area contributed by atoms with E-state index in [4.69, 9.17) is 0 Å². The van der Waals surface area contributed by atoms with Gasteiger partial charge in [0.25, 0.3) is 0 Å². The maximum Gasteiger partial charge on any atom is 0.222 e. The predicted octanol–water partition coefficient (Wildman–Crippen LogP) is 2.27. The molecule has 3 heteroatoms. The summed E-state index contributed by atoms with van der Waals surface area (Å²) in [5, 5.41) is 3.40. The minimum absolute atomic E-state index is 0.396. The first kappa shape index (κ1) is 13.9. The lowest BCUT2D eigenvalue weighted by Crippen LogP contribution is -2.40. The zero-order valence-corrected chi connectivity index (χ0v) is 12.0. The maximum absolute atomic E-state index is 12.3. The lowest BCUT2D eigenvalue weighted by molar-refractivity contribution is -0.134. The average Bonchev–Trinajstić information content (AvgIpc) is 2.39. The van der Waals surface area contributed by atoms with Crippen LogP contribution in [0.1, 0.15) is 46.0 Å². The molecule has 2 aliphatic rings. The molecule has 0 spiro atoms. The SMILES string of the molecule is CC1CCCN(C(=O)CC(C)C2CCNCC2)C1. The lowest BCUT2D eigenvalue weighted by atomic mass is 9.83. The van der Waals surface area contributed by atoms with Crippen molar-refractivity contribution in [3.05, 3.63) is 0 Å². The molecule has 2 unspecified atom stereocenters. The van der Waals surface area contributed by atoms with E-state index in [9.17, 15) is 4.79 Å². The minimum atomic E-state index is 0.396. The van der Waals surface area contributed by atoms with Crippen molar-refractivity contribution in [2.24, 2.45) is 17.8 Å². The zero-order chi connectivity index (χ0) is 13.0. The molecular weight excluding hydrogens is 224 g/mol. The molecule has 0 aliphatic carbocycles. The summed E-state index contributed by atoms with van der Waals surface area (Å²) in [5.41, 5.74) is 0. The van der Waals surface area contributed by atoms with Gasteiger partial charge in [0.1, 0.15) is 0 Å². The van der Waals surface area contributed by atoms with Crippen molar-refractivity contribution in [3.8, 4) is 0 Å². The van der Waals surface area contributed by atoms with E-state index in [2.05, 4.69) is 24.1 Å². The van der Waals surface area contributed by atoms with Crippen molar-refractivity contribution in [3.63, 3.8) is 0 Å². The number of rotatable bonds is 3. The van der Waals surface area contributed by atoms with Gasteiger partial charge in [0.05, 0.1) is 0 Å². The summed E-state index contributed by atoms with van der Waals surface area (Å²) >= 11 is 0. The number of likely N-dealkylation sites (tertiary alicyclic amines) is 1. The highest BCUT2D eigenvalue weighted by Gasteiger charge is 2.26. The number of nitrogens with one attached hydrogen (secondary N) is 1. The van der Waals surface area contributed by atoms with Crippen LogP contribution in [0.5, 0.6) is 0 Å². The van der Waals surface area contributed by atoms with E-state index in [0.717, 1.165) is 38.5 Å². The summed E-state index contributed by atoms with van der Waals surface area (Å²) in [5.74, 6) is 2.39. The van der Waals surface area contributed by atoms with Crippen LogP contribution in [-0.2, 0) is 4.79 Å². The molecule has 0 radical (unpaired) electrons. The van der Waals surface area contributed by atoms with Crippen LogP contribution in [0.15, 0.2) is 0 Å². The molecule has 2 aliphatic heterocycles. The summed E-state index contributed by atoms with van der Waals surface area (Å²) in [6.45, 7) is 8.75. The van der Waals surface area contributed by atoms with Crippen molar-refractivity contribution in [2.45, 2.75) is 46.0 Å². The third-order valence-electron chi connectivity index (χ3n) is 4.69. The Hall–Kier alpha value is -0.570. The first-order chi connectivity index (χ1) is 8.66. The molecule has 0 bridgehead atoms. The van der Waals surface area contributed by atoms with Crippen LogP contribution in [-0.4, -0.2) is 37.0 Å². The van der Waals surface area contributed by atoms with Gasteiger partial charge < -0.3 is 10.2 Å². The monoisotopic (exact) mass is 252 g/mol. The first-order valence-corrected chi connectivity index (χ1v) is 7.65. The van der Waals surface area contributed by atoms with Crippen molar-refractivity contribution in [1.29, 1.82) is 0 Å². The molecule has 0 aromatic heterocycles. The third-order valence-corrected chi connectivity index (χ3v) is 4.69. The highest BCUT2D eigenvalue weighted by Crippen LogP contribution is 2.26. The summed E-state index contributed by atoms with van der Waals surface area (Å²) in [7, 11) is 0. The fraction of sp³-hybridized carbons (Fsp3) is 0.933. The van der Waals surface area contributed by atoms with Crippen LogP contribution >= 0.6 is 0 Å². The maximum atomic E-state index is 12.3. The van der Waals surface area contributed by atoms with Gasteiger partial charge in [-0.1, -0.05) is 13.8 Å². The quantitative estimate of drug-likeness (QED) is 0.835. The second-order valence-corrected chi connectivity index (χ2v) is 6.36. The molecule has 104 valence electrons. The number of hydrogen-bond donors (Lipinski definition) is 1. The molecule has 3 nitrogen and oxygen atoms in total. The minimum Gasteiger partial charge on any atom is -0.342 e. The molecule has 2 fully saturated rings. The Morgan fingerprint density at radius 3 is 2.72 bits per heavy atom. The Morgan fingerprint density at radius 1 is 1.33 bits per heavy atom. The number of amides is 1.